The predicted molar refractivity (Wildman–Crippen MR) is 124 cm³/mol. The van der Waals surface area contributed by atoms with E-state index in [1.54, 1.807) is 0 Å². The summed E-state index contributed by atoms with van der Waals surface area (Å²) in [6.45, 7) is 6.59. The lowest BCUT2D eigenvalue weighted by Crippen LogP contribution is -2.25. The van der Waals surface area contributed by atoms with E-state index in [9.17, 15) is 0 Å². The van der Waals surface area contributed by atoms with Crippen LogP contribution in [0.4, 0.5) is 11.4 Å². The number of hydrogen-bond donors (Lipinski definition) is 1. The Kier molecular flexibility index (Phi) is 7.09. The van der Waals surface area contributed by atoms with E-state index in [-0.39, 0.29) is 0 Å². The van der Waals surface area contributed by atoms with Crippen LogP contribution in [0.3, 0.4) is 0 Å². The van der Waals surface area contributed by atoms with Gasteiger partial charge in [-0.25, -0.2) is 0 Å². The summed E-state index contributed by atoms with van der Waals surface area (Å²) in [5, 5.41) is 1.09. The fourth-order valence-corrected chi connectivity index (χ4v) is 5.45. The minimum atomic E-state index is -1.15. The van der Waals surface area contributed by atoms with Crippen molar-refractivity contribution in [2.45, 2.75) is 37.8 Å². The molecular formula is C25H29AlN2. The van der Waals surface area contributed by atoms with Crippen molar-refractivity contribution in [3.63, 3.8) is 0 Å². The van der Waals surface area contributed by atoms with Gasteiger partial charge in [-0.1, -0.05) is 85.9 Å². The first-order valence-corrected chi connectivity index (χ1v) is 12.6. The van der Waals surface area contributed by atoms with Gasteiger partial charge in [0, 0.05) is 11.9 Å². The van der Waals surface area contributed by atoms with Crippen molar-refractivity contribution < 1.29 is 0 Å². The first-order chi connectivity index (χ1) is 13.5. The van der Waals surface area contributed by atoms with E-state index in [1.807, 2.05) is 6.21 Å². The minimum absolute atomic E-state index is 0.467. The topological polar surface area (TPSA) is 24.4 Å². The zero-order valence-corrected chi connectivity index (χ0v) is 18.5. The molecule has 0 saturated carbocycles. The maximum absolute atomic E-state index is 4.83. The summed E-state index contributed by atoms with van der Waals surface area (Å²) in [4.78, 5) is 4.83. The number of benzene rings is 3. The molecule has 2 nitrogen and oxygen atoms in total. The molecule has 0 radical (unpaired) electrons. The van der Waals surface area contributed by atoms with E-state index in [1.165, 1.54) is 27.9 Å². The number of para-hydroxylation sites is 2. The Hall–Kier alpha value is -2.34. The maximum Gasteiger partial charge on any atom is 0.412 e. The lowest BCUT2D eigenvalue weighted by molar-refractivity contribution is 0.867. The fraction of sp³-hybridized carbons (Fsp3) is 0.240. The van der Waals surface area contributed by atoms with E-state index in [0.717, 1.165) is 11.0 Å². The molecule has 0 amide bonds. The summed E-state index contributed by atoms with van der Waals surface area (Å²) in [5.41, 5.74) is 7.51. The second kappa shape index (κ2) is 9.74. The molecule has 0 aliphatic carbocycles. The zero-order chi connectivity index (χ0) is 19.9. The standard InChI is InChI=1S/C17H18N.C7H8N.CH3.Al/c1-13(2)16-10-6-7-11-17(16)18-12-15-9-5-4-8-14(15)3;1-6-4-2-3-5-7(6)8;;/h4-13H,3H2,1-2H3;2-5,8H,1H3;1H3;/q;-1;;+1. The molecule has 0 aromatic heterocycles. The van der Waals surface area contributed by atoms with Gasteiger partial charge in [-0.2, -0.15) is 0 Å². The van der Waals surface area contributed by atoms with Crippen LogP contribution in [0.25, 0.3) is 0 Å². The molecule has 3 heteroatoms. The number of nitrogens with one attached hydrogen (secondary N) is 1. The Morgan fingerprint density at radius 3 is 2.39 bits per heavy atom. The molecule has 0 saturated heterocycles. The third-order valence-corrected chi connectivity index (χ3v) is 6.89. The molecule has 142 valence electrons. The van der Waals surface area contributed by atoms with Crippen LogP contribution in [0.1, 0.15) is 42.0 Å². The molecule has 3 aromatic carbocycles. The highest BCUT2D eigenvalue weighted by atomic mass is 27.2. The van der Waals surface area contributed by atoms with Crippen molar-refractivity contribution in [2.75, 3.05) is 4.30 Å². The van der Waals surface area contributed by atoms with Gasteiger partial charge in [0.2, 0.25) is 0 Å². The van der Waals surface area contributed by atoms with Crippen LogP contribution in [-0.4, -0.2) is 20.6 Å². The first kappa shape index (κ1) is 20.4. The Morgan fingerprint density at radius 1 is 0.929 bits per heavy atom. The second-order valence-electron chi connectivity index (χ2n) is 7.73. The van der Waals surface area contributed by atoms with E-state index in [0.29, 0.717) is 5.92 Å². The van der Waals surface area contributed by atoms with Crippen molar-refractivity contribution in [3.8, 4) is 0 Å². The van der Waals surface area contributed by atoms with Crippen molar-refractivity contribution >= 4 is 32.0 Å². The monoisotopic (exact) mass is 384 g/mol. The van der Waals surface area contributed by atoms with Crippen LogP contribution in [-0.2, 0) is 5.28 Å². The normalized spacial score (nSPS) is 11.2. The fourth-order valence-electron chi connectivity index (χ4n) is 3.46. The van der Waals surface area contributed by atoms with Crippen LogP contribution in [0.5, 0.6) is 0 Å². The Balaban J connectivity index is 1.77. The zero-order valence-electron chi connectivity index (χ0n) is 17.3. The van der Waals surface area contributed by atoms with Crippen LogP contribution in [0, 0.1) is 6.92 Å². The second-order valence-corrected chi connectivity index (χ2v) is 10.2. The van der Waals surface area contributed by atoms with Crippen LogP contribution in [0.15, 0.2) is 77.8 Å². The van der Waals surface area contributed by atoms with E-state index in [2.05, 4.69) is 104 Å². The highest BCUT2D eigenvalue weighted by molar-refractivity contribution is 6.60. The first-order valence-electron chi connectivity index (χ1n) is 10.1. The van der Waals surface area contributed by atoms with Gasteiger partial charge >= 0.3 is 14.4 Å². The molecule has 0 spiro atoms. The van der Waals surface area contributed by atoms with E-state index >= 15 is 0 Å². The predicted octanol–water partition coefficient (Wildman–Crippen LogP) is 6.68. The van der Waals surface area contributed by atoms with Crippen molar-refractivity contribution in [3.05, 3.63) is 95.1 Å². The number of anilines is 1. The molecule has 3 aromatic rings. The quantitative estimate of drug-likeness (QED) is 0.356. The highest BCUT2D eigenvalue weighted by Gasteiger charge is 2.15. The molecule has 0 heterocycles. The Labute approximate surface area is 174 Å². The summed E-state index contributed by atoms with van der Waals surface area (Å²) < 4.78 is 3.78. The summed E-state index contributed by atoms with van der Waals surface area (Å²) in [7, 11) is 0. The third-order valence-electron chi connectivity index (χ3n) is 5.03. The third kappa shape index (κ3) is 5.35. The molecule has 1 N–H and O–H groups in total. The van der Waals surface area contributed by atoms with Crippen molar-refractivity contribution in [1.82, 2.24) is 0 Å². The molecule has 0 aliphatic rings. The largest absolute Gasteiger partial charge is 0.476 e. The molecule has 0 aliphatic heterocycles. The summed E-state index contributed by atoms with van der Waals surface area (Å²) in [5.74, 6) is 2.84. The number of hydrogen-bond acceptors (Lipinski definition) is 2. The molecular weight excluding hydrogens is 355 g/mol. The van der Waals surface area contributed by atoms with Crippen molar-refractivity contribution in [1.29, 1.82) is 0 Å². The van der Waals surface area contributed by atoms with Gasteiger partial charge in [0.25, 0.3) is 0 Å². The lowest BCUT2D eigenvalue weighted by Gasteiger charge is -2.14. The van der Waals surface area contributed by atoms with E-state index in [4.69, 9.17) is 4.99 Å². The van der Waals surface area contributed by atoms with Gasteiger partial charge in [-0.3, -0.25) is 4.99 Å². The molecule has 0 bridgehead atoms. The summed E-state index contributed by atoms with van der Waals surface area (Å²) in [6.07, 6.45) is 2.03. The Bertz CT molecular complexity index is 947. The molecule has 0 fully saturated rings. The average molecular weight is 385 g/mol. The van der Waals surface area contributed by atoms with Gasteiger partial charge in [0.15, 0.2) is 0 Å². The SMILES string of the molecule is Cc1ccccc1[NH][Al]([CH3])[CH2]c1ccccc1C=Nc1ccccc1C(C)C. The number of nitrogens with zero attached hydrogens (tertiary/aromatic N) is 1. The smallest absolute Gasteiger partial charge is 0.412 e. The molecule has 3 rings (SSSR count). The maximum atomic E-state index is 4.83. The molecule has 28 heavy (non-hydrogen) atoms. The number of rotatable bonds is 7. The Morgan fingerprint density at radius 2 is 1.61 bits per heavy atom. The van der Waals surface area contributed by atoms with Crippen LogP contribution in [0.2, 0.25) is 5.79 Å². The van der Waals surface area contributed by atoms with Gasteiger partial charge in [0.05, 0.1) is 5.69 Å². The number of aryl methyl sites for hydroxylation is 1. The van der Waals surface area contributed by atoms with E-state index < -0.39 is 14.4 Å². The lowest BCUT2D eigenvalue weighted by atomic mass is 10.0. The molecule has 0 unspecified atom stereocenters. The number of aliphatic imine (C=N–C) groups is 1. The van der Waals surface area contributed by atoms with Gasteiger partial charge in [-0.15, -0.1) is 0 Å². The summed E-state index contributed by atoms with van der Waals surface area (Å²) in [6, 6.07) is 25.6. The average Bonchev–Trinajstić information content (AvgIpc) is 2.69. The highest BCUT2D eigenvalue weighted by Crippen LogP contribution is 2.26. The molecule has 0 atom stereocenters. The van der Waals surface area contributed by atoms with Crippen molar-refractivity contribution in [2.24, 2.45) is 4.99 Å². The summed E-state index contributed by atoms with van der Waals surface area (Å²) >= 11 is -1.15. The van der Waals surface area contributed by atoms with Gasteiger partial charge in [-0.05, 0) is 46.9 Å². The minimum Gasteiger partial charge on any atom is -0.476 e. The van der Waals surface area contributed by atoms with Crippen LogP contribution >= 0.6 is 0 Å². The van der Waals surface area contributed by atoms with Crippen LogP contribution < -0.4 is 4.30 Å². The van der Waals surface area contributed by atoms with Gasteiger partial charge in [0.1, 0.15) is 0 Å². The van der Waals surface area contributed by atoms with Gasteiger partial charge < -0.3 is 4.30 Å².